The average molecular weight is 440 g/mol. The SMILES string of the molecule is CCc1nc2ccc(CCN3CC=C(c4cccc(C(F)(F)F)c4)CC3)cc2nc1CC. The summed E-state index contributed by atoms with van der Waals surface area (Å²) in [6.07, 6.45) is 1.18. The molecule has 6 heteroatoms. The van der Waals surface area contributed by atoms with E-state index in [4.69, 9.17) is 9.97 Å². The van der Waals surface area contributed by atoms with Gasteiger partial charge in [-0.25, -0.2) is 9.97 Å². The molecule has 2 aromatic carbocycles. The summed E-state index contributed by atoms with van der Waals surface area (Å²) in [6.45, 7) is 6.71. The van der Waals surface area contributed by atoms with Crippen LogP contribution >= 0.6 is 0 Å². The first kappa shape index (κ1) is 22.5. The molecule has 0 spiro atoms. The van der Waals surface area contributed by atoms with Crippen molar-refractivity contribution in [3.05, 3.63) is 76.6 Å². The van der Waals surface area contributed by atoms with E-state index >= 15 is 0 Å². The number of aryl methyl sites for hydroxylation is 2. The Bertz CT molecular complexity index is 1130. The molecule has 0 saturated heterocycles. The van der Waals surface area contributed by atoms with Crippen LogP contribution in [0, 0.1) is 0 Å². The van der Waals surface area contributed by atoms with Gasteiger partial charge in [0.25, 0.3) is 0 Å². The number of fused-ring (bicyclic) bond motifs is 1. The minimum Gasteiger partial charge on any atom is -0.299 e. The molecular weight excluding hydrogens is 411 g/mol. The summed E-state index contributed by atoms with van der Waals surface area (Å²) < 4.78 is 39.0. The molecule has 168 valence electrons. The molecule has 0 amide bonds. The van der Waals surface area contributed by atoms with Crippen LogP contribution < -0.4 is 0 Å². The first-order valence-corrected chi connectivity index (χ1v) is 11.2. The molecule has 0 unspecified atom stereocenters. The van der Waals surface area contributed by atoms with Gasteiger partial charge in [0, 0.05) is 19.6 Å². The zero-order valence-corrected chi connectivity index (χ0v) is 18.5. The normalized spacial score (nSPS) is 15.2. The fourth-order valence-electron chi connectivity index (χ4n) is 4.25. The van der Waals surface area contributed by atoms with E-state index in [-0.39, 0.29) is 0 Å². The lowest BCUT2D eigenvalue weighted by Gasteiger charge is -2.26. The first-order chi connectivity index (χ1) is 15.4. The summed E-state index contributed by atoms with van der Waals surface area (Å²) in [6, 6.07) is 11.9. The van der Waals surface area contributed by atoms with Crippen LogP contribution in [0.25, 0.3) is 16.6 Å². The number of hydrogen-bond donors (Lipinski definition) is 0. The van der Waals surface area contributed by atoms with Crippen molar-refractivity contribution < 1.29 is 13.2 Å². The van der Waals surface area contributed by atoms with Crippen LogP contribution in [0.2, 0.25) is 0 Å². The highest BCUT2D eigenvalue weighted by Gasteiger charge is 2.30. The second-order valence-electron chi connectivity index (χ2n) is 8.26. The van der Waals surface area contributed by atoms with Crippen LogP contribution in [-0.2, 0) is 25.4 Å². The maximum absolute atomic E-state index is 13.0. The third kappa shape index (κ3) is 5.01. The van der Waals surface area contributed by atoms with Crippen molar-refractivity contribution in [3.63, 3.8) is 0 Å². The van der Waals surface area contributed by atoms with Crippen LogP contribution in [0.3, 0.4) is 0 Å². The molecule has 0 atom stereocenters. The lowest BCUT2D eigenvalue weighted by Crippen LogP contribution is -2.30. The quantitative estimate of drug-likeness (QED) is 0.464. The van der Waals surface area contributed by atoms with E-state index in [0.29, 0.717) is 5.56 Å². The van der Waals surface area contributed by atoms with E-state index in [9.17, 15) is 13.2 Å². The van der Waals surface area contributed by atoms with E-state index in [1.54, 1.807) is 6.07 Å². The summed E-state index contributed by atoms with van der Waals surface area (Å²) in [4.78, 5) is 11.9. The molecule has 0 N–H and O–H groups in total. The second kappa shape index (κ2) is 9.41. The Balaban J connectivity index is 1.40. The topological polar surface area (TPSA) is 29.0 Å². The largest absolute Gasteiger partial charge is 0.416 e. The van der Waals surface area contributed by atoms with Gasteiger partial charge in [0.15, 0.2) is 0 Å². The van der Waals surface area contributed by atoms with Crippen LogP contribution in [0.5, 0.6) is 0 Å². The number of benzene rings is 2. The summed E-state index contributed by atoms with van der Waals surface area (Å²) in [5.41, 5.74) is 6.33. The number of hydrogen-bond acceptors (Lipinski definition) is 3. The van der Waals surface area contributed by atoms with Gasteiger partial charge in [0.05, 0.1) is 28.0 Å². The maximum Gasteiger partial charge on any atom is 0.416 e. The number of nitrogens with zero attached hydrogens (tertiary/aromatic N) is 3. The average Bonchev–Trinajstić information content (AvgIpc) is 2.81. The molecule has 0 saturated carbocycles. The zero-order chi connectivity index (χ0) is 22.7. The van der Waals surface area contributed by atoms with E-state index in [0.717, 1.165) is 79.4 Å². The second-order valence-corrected chi connectivity index (χ2v) is 8.26. The monoisotopic (exact) mass is 439 g/mol. The van der Waals surface area contributed by atoms with Gasteiger partial charge in [0.1, 0.15) is 0 Å². The molecule has 1 aliphatic rings. The van der Waals surface area contributed by atoms with Gasteiger partial charge in [-0.3, -0.25) is 4.90 Å². The van der Waals surface area contributed by atoms with Gasteiger partial charge in [-0.1, -0.05) is 38.1 Å². The lowest BCUT2D eigenvalue weighted by atomic mass is 9.97. The maximum atomic E-state index is 13.0. The van der Waals surface area contributed by atoms with E-state index in [2.05, 4.69) is 43.0 Å². The molecule has 1 aliphatic heterocycles. The molecular formula is C26H28F3N3. The number of alkyl halides is 3. The summed E-state index contributed by atoms with van der Waals surface area (Å²) >= 11 is 0. The summed E-state index contributed by atoms with van der Waals surface area (Å²) in [5, 5.41) is 0. The van der Waals surface area contributed by atoms with Crippen molar-refractivity contribution >= 4 is 16.6 Å². The molecule has 2 heterocycles. The molecule has 0 fully saturated rings. The Morgan fingerprint density at radius 2 is 1.69 bits per heavy atom. The molecule has 4 rings (SSSR count). The Morgan fingerprint density at radius 1 is 0.938 bits per heavy atom. The van der Waals surface area contributed by atoms with Crippen molar-refractivity contribution in [2.75, 3.05) is 19.6 Å². The predicted octanol–water partition coefficient (Wildman–Crippen LogP) is 6.11. The van der Waals surface area contributed by atoms with Crippen molar-refractivity contribution in [1.82, 2.24) is 14.9 Å². The molecule has 0 bridgehead atoms. The molecule has 32 heavy (non-hydrogen) atoms. The molecule has 3 aromatic rings. The fourth-order valence-corrected chi connectivity index (χ4v) is 4.25. The zero-order valence-electron chi connectivity index (χ0n) is 18.5. The van der Waals surface area contributed by atoms with E-state index in [1.165, 1.54) is 17.7 Å². The predicted molar refractivity (Wildman–Crippen MR) is 122 cm³/mol. The van der Waals surface area contributed by atoms with Gasteiger partial charge < -0.3 is 0 Å². The molecule has 3 nitrogen and oxygen atoms in total. The Morgan fingerprint density at radius 3 is 2.34 bits per heavy atom. The number of aromatic nitrogens is 2. The van der Waals surface area contributed by atoms with Crippen LogP contribution in [-0.4, -0.2) is 34.5 Å². The van der Waals surface area contributed by atoms with Crippen molar-refractivity contribution in [2.24, 2.45) is 0 Å². The minimum absolute atomic E-state index is 0.588. The Kier molecular flexibility index (Phi) is 6.60. The molecule has 0 radical (unpaired) electrons. The molecule has 1 aromatic heterocycles. The summed E-state index contributed by atoms with van der Waals surface area (Å²) in [7, 11) is 0. The minimum atomic E-state index is -4.31. The van der Waals surface area contributed by atoms with Gasteiger partial charge in [-0.05, 0) is 66.6 Å². The van der Waals surface area contributed by atoms with Crippen molar-refractivity contribution in [1.29, 1.82) is 0 Å². The summed E-state index contributed by atoms with van der Waals surface area (Å²) in [5.74, 6) is 0. The smallest absolute Gasteiger partial charge is 0.299 e. The highest BCUT2D eigenvalue weighted by atomic mass is 19.4. The molecule has 0 aliphatic carbocycles. The number of halogens is 3. The van der Waals surface area contributed by atoms with Gasteiger partial charge in [-0.15, -0.1) is 0 Å². The van der Waals surface area contributed by atoms with E-state index in [1.807, 2.05) is 0 Å². The third-order valence-corrected chi connectivity index (χ3v) is 6.12. The van der Waals surface area contributed by atoms with Crippen molar-refractivity contribution in [3.8, 4) is 0 Å². The van der Waals surface area contributed by atoms with Crippen LogP contribution in [0.15, 0.2) is 48.5 Å². The van der Waals surface area contributed by atoms with Crippen molar-refractivity contribution in [2.45, 2.75) is 45.7 Å². The Hall–Kier alpha value is -2.73. The van der Waals surface area contributed by atoms with E-state index < -0.39 is 11.7 Å². The van der Waals surface area contributed by atoms with Crippen LogP contribution in [0.4, 0.5) is 13.2 Å². The van der Waals surface area contributed by atoms with Gasteiger partial charge >= 0.3 is 6.18 Å². The highest BCUT2D eigenvalue weighted by Crippen LogP contribution is 2.32. The number of rotatable bonds is 6. The standard InChI is InChI=1S/C26H28F3N3/c1-3-22-23(4-2)31-25-16-18(8-9-24(25)30-22)10-13-32-14-11-19(12-15-32)20-6-5-7-21(17-20)26(27,28)29/h5-9,11,16-17H,3-4,10,12-15H2,1-2H3. The van der Waals surface area contributed by atoms with Crippen LogP contribution in [0.1, 0.15) is 48.3 Å². The Labute approximate surface area is 187 Å². The third-order valence-electron chi connectivity index (χ3n) is 6.12. The van der Waals surface area contributed by atoms with Gasteiger partial charge in [0.2, 0.25) is 0 Å². The lowest BCUT2D eigenvalue weighted by molar-refractivity contribution is -0.137. The van der Waals surface area contributed by atoms with Gasteiger partial charge in [-0.2, -0.15) is 13.2 Å². The fraction of sp³-hybridized carbons (Fsp3) is 0.385. The first-order valence-electron chi connectivity index (χ1n) is 11.2. The highest BCUT2D eigenvalue weighted by molar-refractivity contribution is 5.75.